The molecule has 0 saturated heterocycles. The van der Waals surface area contributed by atoms with Gasteiger partial charge in [-0.15, -0.1) is 10.2 Å². The highest BCUT2D eigenvalue weighted by Gasteiger charge is 2.10. The van der Waals surface area contributed by atoms with Crippen molar-refractivity contribution in [2.75, 3.05) is 0 Å². The number of fused-ring (bicyclic) bond motifs is 1. The zero-order valence-electron chi connectivity index (χ0n) is 8.64. The second-order valence-corrected chi connectivity index (χ2v) is 3.96. The number of hydrogen-bond acceptors (Lipinski definition) is 2. The van der Waals surface area contributed by atoms with Crippen LogP contribution in [0.15, 0.2) is 42.5 Å². The molecule has 0 amide bonds. The van der Waals surface area contributed by atoms with E-state index in [9.17, 15) is 4.39 Å². The molecule has 0 radical (unpaired) electrons. The minimum Gasteiger partial charge on any atom is -0.265 e. The monoisotopic (exact) mass is 247 g/mol. The van der Waals surface area contributed by atoms with E-state index < -0.39 is 0 Å². The fourth-order valence-corrected chi connectivity index (χ4v) is 1.96. The molecule has 2 heterocycles. The summed E-state index contributed by atoms with van der Waals surface area (Å²) in [5.74, 6) is 0.219. The smallest absolute Gasteiger partial charge is 0.169 e. The Morgan fingerprint density at radius 3 is 2.71 bits per heavy atom. The molecule has 0 fully saturated rings. The van der Waals surface area contributed by atoms with E-state index in [1.54, 1.807) is 34.7 Å². The number of benzene rings is 1. The average Bonchev–Trinajstić information content (AvgIpc) is 2.74. The topological polar surface area (TPSA) is 30.2 Å². The molecule has 0 N–H and O–H groups in total. The predicted octanol–water partition coefficient (Wildman–Crippen LogP) is 3.19. The van der Waals surface area contributed by atoms with Gasteiger partial charge in [-0.3, -0.25) is 4.40 Å². The summed E-state index contributed by atoms with van der Waals surface area (Å²) in [4.78, 5) is 0. The first-order valence-electron chi connectivity index (χ1n) is 5.01. The van der Waals surface area contributed by atoms with Gasteiger partial charge in [-0.25, -0.2) is 4.39 Å². The Labute approximate surface area is 101 Å². The maximum absolute atomic E-state index is 13.2. The van der Waals surface area contributed by atoms with E-state index in [0.29, 0.717) is 22.2 Å². The lowest BCUT2D eigenvalue weighted by Gasteiger charge is -2.01. The first-order chi connectivity index (χ1) is 8.25. The molecule has 17 heavy (non-hydrogen) atoms. The molecule has 0 aliphatic carbocycles. The van der Waals surface area contributed by atoms with Crippen LogP contribution in [0.2, 0.25) is 5.15 Å². The van der Waals surface area contributed by atoms with Crippen LogP contribution in [0.4, 0.5) is 4.39 Å². The first-order valence-corrected chi connectivity index (χ1v) is 5.39. The quantitative estimate of drug-likeness (QED) is 0.618. The van der Waals surface area contributed by atoms with E-state index in [-0.39, 0.29) is 5.82 Å². The average molecular weight is 248 g/mol. The van der Waals surface area contributed by atoms with Crippen molar-refractivity contribution in [3.05, 3.63) is 53.4 Å². The fraction of sp³-hybridized carbons (Fsp3) is 0. The lowest BCUT2D eigenvalue weighted by Crippen LogP contribution is -1.91. The molecular weight excluding hydrogens is 241 g/mol. The highest BCUT2D eigenvalue weighted by Crippen LogP contribution is 2.22. The molecule has 0 aliphatic rings. The van der Waals surface area contributed by atoms with Crippen LogP contribution in [0.5, 0.6) is 0 Å². The summed E-state index contributed by atoms with van der Waals surface area (Å²) in [5, 5.41) is 8.51. The molecule has 0 unspecified atom stereocenters. The number of hydrogen-bond donors (Lipinski definition) is 0. The minimum absolute atomic E-state index is 0.314. The zero-order chi connectivity index (χ0) is 11.8. The Hall–Kier alpha value is -1.94. The SMILES string of the molecule is Fc1cccc(-c2nnc3cccc(Cl)n23)c1. The van der Waals surface area contributed by atoms with Gasteiger partial charge in [0, 0.05) is 5.56 Å². The maximum Gasteiger partial charge on any atom is 0.169 e. The first kappa shape index (κ1) is 10.2. The molecule has 0 bridgehead atoms. The van der Waals surface area contributed by atoms with E-state index in [1.807, 2.05) is 0 Å². The largest absolute Gasteiger partial charge is 0.265 e. The Morgan fingerprint density at radius 1 is 1.06 bits per heavy atom. The van der Waals surface area contributed by atoms with Crippen molar-refractivity contribution < 1.29 is 4.39 Å². The normalized spacial score (nSPS) is 10.9. The molecule has 0 saturated carbocycles. The molecule has 1 aromatic carbocycles. The van der Waals surface area contributed by atoms with Crippen LogP contribution < -0.4 is 0 Å². The molecule has 5 heteroatoms. The van der Waals surface area contributed by atoms with Gasteiger partial charge in [0.05, 0.1) is 0 Å². The fourth-order valence-electron chi connectivity index (χ4n) is 1.72. The molecule has 3 aromatic rings. The Morgan fingerprint density at radius 2 is 1.88 bits per heavy atom. The second kappa shape index (κ2) is 3.82. The van der Waals surface area contributed by atoms with Crippen LogP contribution in [0.25, 0.3) is 17.0 Å². The summed E-state index contributed by atoms with van der Waals surface area (Å²) in [6, 6.07) is 11.5. The van der Waals surface area contributed by atoms with Crippen molar-refractivity contribution in [2.45, 2.75) is 0 Å². The number of nitrogens with zero attached hydrogens (tertiary/aromatic N) is 3. The van der Waals surface area contributed by atoms with Gasteiger partial charge in [-0.05, 0) is 24.3 Å². The molecule has 0 spiro atoms. The summed E-state index contributed by atoms with van der Waals surface area (Å²) in [6.45, 7) is 0. The third-order valence-electron chi connectivity index (χ3n) is 2.46. The highest BCUT2D eigenvalue weighted by atomic mass is 35.5. The minimum atomic E-state index is -0.314. The van der Waals surface area contributed by atoms with Crippen molar-refractivity contribution in [2.24, 2.45) is 0 Å². The molecule has 2 aromatic heterocycles. The van der Waals surface area contributed by atoms with E-state index in [0.717, 1.165) is 0 Å². The maximum atomic E-state index is 13.2. The highest BCUT2D eigenvalue weighted by molar-refractivity contribution is 6.29. The van der Waals surface area contributed by atoms with Crippen molar-refractivity contribution in [3.63, 3.8) is 0 Å². The molecule has 3 nitrogen and oxygen atoms in total. The summed E-state index contributed by atoms with van der Waals surface area (Å²) in [6.07, 6.45) is 0. The van der Waals surface area contributed by atoms with E-state index in [2.05, 4.69) is 10.2 Å². The molecule has 84 valence electrons. The lowest BCUT2D eigenvalue weighted by atomic mass is 10.2. The van der Waals surface area contributed by atoms with Crippen LogP contribution in [0, 0.1) is 5.82 Å². The van der Waals surface area contributed by atoms with E-state index in [1.165, 1.54) is 12.1 Å². The van der Waals surface area contributed by atoms with Crippen molar-refractivity contribution in [1.82, 2.24) is 14.6 Å². The van der Waals surface area contributed by atoms with E-state index >= 15 is 0 Å². The number of pyridine rings is 1. The van der Waals surface area contributed by atoms with Gasteiger partial charge >= 0.3 is 0 Å². The number of halogens is 2. The van der Waals surface area contributed by atoms with Gasteiger partial charge in [0.15, 0.2) is 11.5 Å². The standard InChI is InChI=1S/C12H7ClFN3/c13-10-5-2-6-11-15-16-12(17(10)11)8-3-1-4-9(14)7-8/h1-7H. The van der Waals surface area contributed by atoms with Crippen LogP contribution in [0.1, 0.15) is 0 Å². The molecular formula is C12H7ClFN3. The second-order valence-electron chi connectivity index (χ2n) is 3.58. The zero-order valence-corrected chi connectivity index (χ0v) is 9.39. The predicted molar refractivity (Wildman–Crippen MR) is 63.4 cm³/mol. The van der Waals surface area contributed by atoms with Gasteiger partial charge < -0.3 is 0 Å². The summed E-state index contributed by atoms with van der Waals surface area (Å²) in [7, 11) is 0. The van der Waals surface area contributed by atoms with Crippen LogP contribution in [-0.2, 0) is 0 Å². The van der Waals surface area contributed by atoms with Gasteiger partial charge in [-0.2, -0.15) is 0 Å². The lowest BCUT2D eigenvalue weighted by molar-refractivity contribution is 0.628. The Kier molecular flexibility index (Phi) is 2.30. The van der Waals surface area contributed by atoms with Gasteiger partial charge in [0.25, 0.3) is 0 Å². The van der Waals surface area contributed by atoms with Crippen molar-refractivity contribution in [1.29, 1.82) is 0 Å². The molecule has 3 rings (SSSR count). The molecule has 0 atom stereocenters. The van der Waals surface area contributed by atoms with Crippen molar-refractivity contribution in [3.8, 4) is 11.4 Å². The summed E-state index contributed by atoms with van der Waals surface area (Å²) in [5.41, 5.74) is 1.28. The van der Waals surface area contributed by atoms with Crippen LogP contribution in [0.3, 0.4) is 0 Å². The van der Waals surface area contributed by atoms with Gasteiger partial charge in [0.1, 0.15) is 11.0 Å². The van der Waals surface area contributed by atoms with Crippen LogP contribution >= 0.6 is 11.6 Å². The third-order valence-corrected chi connectivity index (χ3v) is 2.76. The number of rotatable bonds is 1. The van der Waals surface area contributed by atoms with Crippen LogP contribution in [-0.4, -0.2) is 14.6 Å². The number of aromatic nitrogens is 3. The Bertz CT molecular complexity index is 693. The summed E-state index contributed by atoms with van der Waals surface area (Å²) >= 11 is 6.08. The van der Waals surface area contributed by atoms with E-state index in [4.69, 9.17) is 11.6 Å². The third kappa shape index (κ3) is 1.66. The summed E-state index contributed by atoms with van der Waals surface area (Å²) < 4.78 is 14.8. The van der Waals surface area contributed by atoms with Crippen molar-refractivity contribution >= 4 is 17.2 Å². The van der Waals surface area contributed by atoms with Gasteiger partial charge in [-0.1, -0.05) is 29.8 Å². The molecule has 0 aliphatic heterocycles. The Balaban J connectivity index is 2.31. The van der Waals surface area contributed by atoms with Gasteiger partial charge in [0.2, 0.25) is 0 Å².